The quantitative estimate of drug-likeness (QED) is 0.826. The predicted octanol–water partition coefficient (Wildman–Crippen LogP) is 2.50. The zero-order valence-electron chi connectivity index (χ0n) is 17.4. The summed E-state index contributed by atoms with van der Waals surface area (Å²) >= 11 is 0. The maximum Gasteiger partial charge on any atom is 0.237 e. The van der Waals surface area contributed by atoms with Crippen LogP contribution in [0.15, 0.2) is 24.3 Å². The van der Waals surface area contributed by atoms with Gasteiger partial charge in [-0.05, 0) is 31.9 Å². The molecule has 1 atom stereocenters. The van der Waals surface area contributed by atoms with Gasteiger partial charge in [0.1, 0.15) is 11.9 Å². The molecule has 2 amide bonds. The molecule has 0 bridgehead atoms. The zero-order valence-corrected chi connectivity index (χ0v) is 17.4. The number of piperazine rings is 1. The fraction of sp³-hybridized carbons (Fsp3) is 0.652. The second-order valence-corrected chi connectivity index (χ2v) is 8.70. The molecule has 1 unspecified atom stereocenters. The minimum Gasteiger partial charge on any atom is -0.490 e. The lowest BCUT2D eigenvalue weighted by atomic mass is 10.0. The van der Waals surface area contributed by atoms with Crippen molar-refractivity contribution in [2.45, 2.75) is 70.1 Å². The molecule has 6 nitrogen and oxygen atoms in total. The summed E-state index contributed by atoms with van der Waals surface area (Å²) in [4.78, 5) is 29.7. The second kappa shape index (κ2) is 9.16. The maximum atomic E-state index is 13.0. The largest absolute Gasteiger partial charge is 0.490 e. The number of carbonyl (C=O) groups is 2. The molecule has 0 spiro atoms. The van der Waals surface area contributed by atoms with E-state index in [4.69, 9.17) is 4.74 Å². The van der Waals surface area contributed by atoms with Crippen LogP contribution >= 0.6 is 0 Å². The number of amides is 2. The van der Waals surface area contributed by atoms with E-state index in [1.165, 1.54) is 18.4 Å². The van der Waals surface area contributed by atoms with E-state index < -0.39 is 0 Å². The molecular formula is C23H33N3O3. The van der Waals surface area contributed by atoms with Gasteiger partial charge >= 0.3 is 0 Å². The third kappa shape index (κ3) is 4.92. The molecular weight excluding hydrogens is 366 g/mol. The fourth-order valence-electron chi connectivity index (χ4n) is 4.94. The van der Waals surface area contributed by atoms with Crippen LogP contribution in [0.4, 0.5) is 0 Å². The van der Waals surface area contributed by atoms with Gasteiger partial charge in [-0.1, -0.05) is 30.5 Å². The van der Waals surface area contributed by atoms with E-state index in [9.17, 15) is 9.59 Å². The minimum atomic E-state index is -0.305. The van der Waals surface area contributed by atoms with E-state index in [0.29, 0.717) is 32.1 Å². The molecule has 1 aromatic carbocycles. The summed E-state index contributed by atoms with van der Waals surface area (Å²) in [5.41, 5.74) is 1.22. The Labute approximate surface area is 173 Å². The first kappa shape index (κ1) is 20.2. The van der Waals surface area contributed by atoms with Gasteiger partial charge in [0.15, 0.2) is 0 Å². The highest BCUT2D eigenvalue weighted by molar-refractivity contribution is 5.89. The monoisotopic (exact) mass is 399 g/mol. The molecule has 1 saturated carbocycles. The van der Waals surface area contributed by atoms with Crippen LogP contribution < -0.4 is 10.1 Å². The summed E-state index contributed by atoms with van der Waals surface area (Å²) in [6.45, 7) is 5.02. The number of likely N-dealkylation sites (tertiary alicyclic amines) is 1. The molecule has 3 aliphatic rings. The lowest BCUT2D eigenvalue weighted by molar-refractivity contribution is -0.141. The topological polar surface area (TPSA) is 61.9 Å². The first-order valence-electron chi connectivity index (χ1n) is 11.1. The van der Waals surface area contributed by atoms with E-state index in [1.54, 1.807) is 0 Å². The van der Waals surface area contributed by atoms with Crippen molar-refractivity contribution in [3.63, 3.8) is 0 Å². The third-order valence-corrected chi connectivity index (χ3v) is 6.65. The number of nitrogens with zero attached hydrogens (tertiary/aromatic N) is 2. The minimum absolute atomic E-state index is 0.0223. The number of nitrogens with one attached hydrogen (secondary N) is 1. The smallest absolute Gasteiger partial charge is 0.237 e. The molecule has 158 valence electrons. The van der Waals surface area contributed by atoms with Gasteiger partial charge < -0.3 is 15.0 Å². The summed E-state index contributed by atoms with van der Waals surface area (Å²) in [6, 6.07) is 8.28. The summed E-state index contributed by atoms with van der Waals surface area (Å²) in [5.74, 6) is 1.02. The van der Waals surface area contributed by atoms with Crippen molar-refractivity contribution in [2.75, 3.05) is 26.2 Å². The van der Waals surface area contributed by atoms with Crippen molar-refractivity contribution in [3.05, 3.63) is 29.8 Å². The Hall–Kier alpha value is -2.08. The highest BCUT2D eigenvalue weighted by Crippen LogP contribution is 2.27. The number of rotatable bonds is 5. The Morgan fingerprint density at radius 2 is 1.76 bits per heavy atom. The number of aryl methyl sites for hydroxylation is 1. The second-order valence-electron chi connectivity index (χ2n) is 8.70. The van der Waals surface area contributed by atoms with Gasteiger partial charge in [0, 0.05) is 45.1 Å². The Bertz CT molecular complexity index is 707. The van der Waals surface area contributed by atoms with E-state index in [-0.39, 0.29) is 24.0 Å². The van der Waals surface area contributed by atoms with Crippen molar-refractivity contribution >= 4 is 11.8 Å². The van der Waals surface area contributed by atoms with Gasteiger partial charge in [-0.15, -0.1) is 0 Å². The first-order chi connectivity index (χ1) is 14.1. The molecule has 6 heteroatoms. The van der Waals surface area contributed by atoms with E-state index >= 15 is 0 Å². The van der Waals surface area contributed by atoms with Gasteiger partial charge in [-0.2, -0.15) is 0 Å². The normalized spacial score (nSPS) is 24.5. The van der Waals surface area contributed by atoms with Crippen molar-refractivity contribution in [2.24, 2.45) is 0 Å². The third-order valence-electron chi connectivity index (χ3n) is 6.65. The van der Waals surface area contributed by atoms with Crippen molar-refractivity contribution in [3.8, 4) is 5.75 Å². The van der Waals surface area contributed by atoms with Crippen LogP contribution in [-0.4, -0.2) is 66.0 Å². The molecule has 2 heterocycles. The molecule has 0 radical (unpaired) electrons. The number of piperidine rings is 1. The van der Waals surface area contributed by atoms with Crippen LogP contribution in [0.25, 0.3) is 0 Å². The summed E-state index contributed by atoms with van der Waals surface area (Å²) in [7, 11) is 0. The molecule has 1 N–H and O–H groups in total. The molecule has 29 heavy (non-hydrogen) atoms. The molecule has 2 saturated heterocycles. The summed E-state index contributed by atoms with van der Waals surface area (Å²) < 4.78 is 6.08. The van der Waals surface area contributed by atoms with Crippen LogP contribution in [0.2, 0.25) is 0 Å². The lowest BCUT2D eigenvalue weighted by Gasteiger charge is -2.40. The number of ether oxygens (including phenoxy) is 1. The average Bonchev–Trinajstić information content (AvgIpc) is 3.26. The fourth-order valence-corrected chi connectivity index (χ4v) is 4.94. The van der Waals surface area contributed by atoms with Crippen LogP contribution in [0.1, 0.15) is 50.5 Å². The van der Waals surface area contributed by atoms with Gasteiger partial charge in [-0.3, -0.25) is 14.5 Å². The summed E-state index contributed by atoms with van der Waals surface area (Å²) in [5, 5.41) is 2.96. The van der Waals surface area contributed by atoms with Crippen LogP contribution in [-0.2, 0) is 9.59 Å². The number of carbonyl (C=O) groups excluding carboxylic acids is 2. The standard InChI is InChI=1S/C23H33N3O3/c1-17-6-8-19(9-7-17)29-20-10-13-25(14-11-20)22(27)16-21-23(28)24-12-15-26(21)18-4-2-3-5-18/h6-9,18,20-21H,2-5,10-16H2,1H3,(H,24,28). The van der Waals surface area contributed by atoms with E-state index in [2.05, 4.69) is 29.3 Å². The van der Waals surface area contributed by atoms with E-state index in [1.807, 2.05) is 17.0 Å². The molecule has 3 fully saturated rings. The van der Waals surface area contributed by atoms with Crippen molar-refractivity contribution in [1.82, 2.24) is 15.1 Å². The highest BCUT2D eigenvalue weighted by Gasteiger charge is 2.38. The Morgan fingerprint density at radius 3 is 2.45 bits per heavy atom. The molecule has 1 aliphatic carbocycles. The van der Waals surface area contributed by atoms with Crippen molar-refractivity contribution in [1.29, 1.82) is 0 Å². The van der Waals surface area contributed by atoms with Gasteiger partial charge in [0.25, 0.3) is 0 Å². The molecule has 1 aromatic rings. The lowest BCUT2D eigenvalue weighted by Crippen LogP contribution is -2.59. The SMILES string of the molecule is Cc1ccc(OC2CCN(C(=O)CC3C(=O)NCCN3C3CCCC3)CC2)cc1. The predicted molar refractivity (Wildman–Crippen MR) is 112 cm³/mol. The van der Waals surface area contributed by atoms with Crippen LogP contribution in [0, 0.1) is 6.92 Å². The molecule has 2 aliphatic heterocycles. The molecule has 4 rings (SSSR count). The van der Waals surface area contributed by atoms with Crippen LogP contribution in [0.3, 0.4) is 0 Å². The first-order valence-corrected chi connectivity index (χ1v) is 11.1. The Morgan fingerprint density at radius 1 is 1.07 bits per heavy atom. The maximum absolute atomic E-state index is 13.0. The Kier molecular flexibility index (Phi) is 6.38. The van der Waals surface area contributed by atoms with Gasteiger partial charge in [0.05, 0.1) is 12.5 Å². The number of benzene rings is 1. The van der Waals surface area contributed by atoms with E-state index in [0.717, 1.165) is 38.0 Å². The number of hydrogen-bond donors (Lipinski definition) is 1. The van der Waals surface area contributed by atoms with Crippen molar-refractivity contribution < 1.29 is 14.3 Å². The summed E-state index contributed by atoms with van der Waals surface area (Å²) in [6.07, 6.45) is 6.89. The van der Waals surface area contributed by atoms with Crippen LogP contribution in [0.5, 0.6) is 5.75 Å². The Balaban J connectivity index is 1.29. The molecule has 0 aromatic heterocycles. The van der Waals surface area contributed by atoms with Gasteiger partial charge in [0.2, 0.25) is 11.8 Å². The zero-order chi connectivity index (χ0) is 20.2. The average molecular weight is 400 g/mol. The van der Waals surface area contributed by atoms with Gasteiger partial charge in [-0.25, -0.2) is 0 Å². The highest BCUT2D eigenvalue weighted by atomic mass is 16.5. The number of hydrogen-bond acceptors (Lipinski definition) is 4.